The van der Waals surface area contributed by atoms with Gasteiger partial charge in [-0.3, -0.25) is 4.79 Å². The number of aryl methyl sites for hydroxylation is 3. The summed E-state index contributed by atoms with van der Waals surface area (Å²) in [5.41, 5.74) is 4.57. The molecule has 122 valence electrons. The van der Waals surface area contributed by atoms with Gasteiger partial charge in [-0.1, -0.05) is 17.7 Å². The Morgan fingerprint density at radius 2 is 1.55 bits per heavy atom. The second-order valence-corrected chi connectivity index (χ2v) is 8.08. The molecule has 5 nitrogen and oxygen atoms in total. The van der Waals surface area contributed by atoms with Crippen molar-refractivity contribution in [2.75, 3.05) is 32.4 Å². The van der Waals surface area contributed by atoms with Crippen LogP contribution in [0, 0.1) is 20.8 Å². The molecule has 1 heterocycles. The molecule has 1 saturated heterocycles. The summed E-state index contributed by atoms with van der Waals surface area (Å²) in [5, 5.41) is 0. The number of amides is 1. The van der Waals surface area contributed by atoms with Gasteiger partial charge in [0.25, 0.3) is 0 Å². The monoisotopic (exact) mass is 324 g/mol. The SMILES string of the molecule is Cc1cc(C)c(CC(=O)N2CCN(S(C)(=O)=O)CC2)c(C)c1. The number of carbonyl (C=O) groups is 1. The van der Waals surface area contributed by atoms with Crippen LogP contribution in [0.15, 0.2) is 12.1 Å². The van der Waals surface area contributed by atoms with E-state index >= 15 is 0 Å². The molecule has 1 aliphatic rings. The average molecular weight is 324 g/mol. The number of piperazine rings is 1. The maximum atomic E-state index is 12.5. The Balaban J connectivity index is 2.03. The maximum absolute atomic E-state index is 12.5. The van der Waals surface area contributed by atoms with E-state index in [2.05, 4.69) is 19.1 Å². The molecular weight excluding hydrogens is 300 g/mol. The van der Waals surface area contributed by atoms with E-state index in [0.717, 1.165) is 16.7 Å². The first-order valence-electron chi connectivity index (χ1n) is 7.48. The highest BCUT2D eigenvalue weighted by molar-refractivity contribution is 7.88. The number of hydrogen-bond acceptors (Lipinski definition) is 3. The molecule has 6 heteroatoms. The normalized spacial score (nSPS) is 16.8. The second kappa shape index (κ2) is 6.38. The largest absolute Gasteiger partial charge is 0.340 e. The van der Waals surface area contributed by atoms with Gasteiger partial charge in [0.1, 0.15) is 0 Å². The summed E-state index contributed by atoms with van der Waals surface area (Å²) in [4.78, 5) is 14.2. The standard InChI is InChI=1S/C16H24N2O3S/c1-12-9-13(2)15(14(3)10-12)11-16(19)17-5-7-18(8-6-17)22(4,20)21/h9-10H,5-8,11H2,1-4H3. The van der Waals surface area contributed by atoms with Crippen molar-refractivity contribution in [1.29, 1.82) is 0 Å². The zero-order chi connectivity index (χ0) is 16.5. The number of rotatable bonds is 3. The fourth-order valence-corrected chi connectivity index (χ4v) is 3.85. The third-order valence-electron chi connectivity index (χ3n) is 4.23. The summed E-state index contributed by atoms with van der Waals surface area (Å²) in [6, 6.07) is 4.19. The molecule has 1 amide bonds. The number of carbonyl (C=O) groups excluding carboxylic acids is 1. The van der Waals surface area contributed by atoms with Crippen molar-refractivity contribution in [2.24, 2.45) is 0 Å². The maximum Gasteiger partial charge on any atom is 0.227 e. The van der Waals surface area contributed by atoms with Crippen LogP contribution >= 0.6 is 0 Å². The van der Waals surface area contributed by atoms with Crippen LogP contribution in [-0.4, -0.2) is 56.0 Å². The molecule has 1 fully saturated rings. The summed E-state index contributed by atoms with van der Waals surface area (Å²) < 4.78 is 24.4. The average Bonchev–Trinajstić information content (AvgIpc) is 2.41. The minimum atomic E-state index is -3.16. The van der Waals surface area contributed by atoms with Gasteiger partial charge in [0.05, 0.1) is 12.7 Å². The van der Waals surface area contributed by atoms with Gasteiger partial charge in [-0.25, -0.2) is 8.42 Å². The van der Waals surface area contributed by atoms with E-state index in [1.165, 1.54) is 16.1 Å². The molecule has 0 bridgehead atoms. The molecule has 1 aromatic rings. The van der Waals surface area contributed by atoms with Gasteiger partial charge < -0.3 is 4.90 Å². The Morgan fingerprint density at radius 1 is 1.05 bits per heavy atom. The van der Waals surface area contributed by atoms with E-state index in [0.29, 0.717) is 32.6 Å². The van der Waals surface area contributed by atoms with Gasteiger partial charge in [-0.15, -0.1) is 0 Å². The number of hydrogen-bond donors (Lipinski definition) is 0. The van der Waals surface area contributed by atoms with Crippen LogP contribution in [-0.2, 0) is 21.2 Å². The lowest BCUT2D eigenvalue weighted by Gasteiger charge is -2.33. The van der Waals surface area contributed by atoms with E-state index in [1.54, 1.807) is 4.90 Å². The molecule has 0 saturated carbocycles. The van der Waals surface area contributed by atoms with E-state index in [1.807, 2.05) is 13.8 Å². The van der Waals surface area contributed by atoms with Gasteiger partial charge >= 0.3 is 0 Å². The van der Waals surface area contributed by atoms with Crippen molar-refractivity contribution in [3.8, 4) is 0 Å². The molecule has 1 aromatic carbocycles. The van der Waals surface area contributed by atoms with Gasteiger partial charge in [0.15, 0.2) is 0 Å². The third kappa shape index (κ3) is 3.87. The summed E-state index contributed by atoms with van der Waals surface area (Å²) in [6.07, 6.45) is 1.60. The van der Waals surface area contributed by atoms with Crippen LogP contribution < -0.4 is 0 Å². The Bertz CT molecular complexity index is 652. The third-order valence-corrected chi connectivity index (χ3v) is 5.53. The molecule has 22 heavy (non-hydrogen) atoms. The Hall–Kier alpha value is -1.40. The minimum Gasteiger partial charge on any atom is -0.340 e. The lowest BCUT2D eigenvalue weighted by molar-refractivity contribution is -0.131. The molecule has 1 aliphatic heterocycles. The minimum absolute atomic E-state index is 0.0724. The quantitative estimate of drug-likeness (QED) is 0.841. The number of nitrogens with zero attached hydrogens (tertiary/aromatic N) is 2. The predicted molar refractivity (Wildman–Crippen MR) is 87.4 cm³/mol. The van der Waals surface area contributed by atoms with Crippen LogP contribution in [0.5, 0.6) is 0 Å². The fourth-order valence-electron chi connectivity index (χ4n) is 3.02. The Labute approximate surface area is 133 Å². The van der Waals surface area contributed by atoms with E-state index in [9.17, 15) is 13.2 Å². The van der Waals surface area contributed by atoms with Crippen LogP contribution in [0.2, 0.25) is 0 Å². The van der Waals surface area contributed by atoms with Gasteiger partial charge in [0.2, 0.25) is 15.9 Å². The first kappa shape index (κ1) is 17.0. The zero-order valence-corrected chi connectivity index (χ0v) is 14.5. The predicted octanol–water partition coefficient (Wildman–Crippen LogP) is 1.26. The summed E-state index contributed by atoms with van der Waals surface area (Å²) in [5.74, 6) is 0.0724. The first-order chi connectivity index (χ1) is 10.2. The van der Waals surface area contributed by atoms with Gasteiger partial charge in [0, 0.05) is 26.2 Å². The van der Waals surface area contributed by atoms with Crippen LogP contribution in [0.3, 0.4) is 0 Å². The van der Waals surface area contributed by atoms with Crippen LogP contribution in [0.1, 0.15) is 22.3 Å². The summed E-state index contributed by atoms with van der Waals surface area (Å²) >= 11 is 0. The molecule has 0 unspecified atom stereocenters. The number of sulfonamides is 1. The molecule has 0 atom stereocenters. The van der Waals surface area contributed by atoms with Crippen molar-refractivity contribution in [1.82, 2.24) is 9.21 Å². The molecule has 0 radical (unpaired) electrons. The van der Waals surface area contributed by atoms with E-state index in [-0.39, 0.29) is 5.91 Å². The van der Waals surface area contributed by atoms with Crippen LogP contribution in [0.25, 0.3) is 0 Å². The molecule has 2 rings (SSSR count). The molecule has 0 spiro atoms. The molecule has 0 aliphatic carbocycles. The molecule has 0 aromatic heterocycles. The lowest BCUT2D eigenvalue weighted by Crippen LogP contribution is -2.50. The Kier molecular flexibility index (Phi) is 4.92. The molecular formula is C16H24N2O3S. The Morgan fingerprint density at radius 3 is 2.00 bits per heavy atom. The highest BCUT2D eigenvalue weighted by Gasteiger charge is 2.26. The number of benzene rings is 1. The fraction of sp³-hybridized carbons (Fsp3) is 0.562. The van der Waals surface area contributed by atoms with E-state index in [4.69, 9.17) is 0 Å². The van der Waals surface area contributed by atoms with Gasteiger partial charge in [-0.05, 0) is 37.5 Å². The highest BCUT2D eigenvalue weighted by Crippen LogP contribution is 2.18. The van der Waals surface area contributed by atoms with Crippen LogP contribution in [0.4, 0.5) is 0 Å². The zero-order valence-electron chi connectivity index (χ0n) is 13.7. The second-order valence-electron chi connectivity index (χ2n) is 6.10. The van der Waals surface area contributed by atoms with Gasteiger partial charge in [-0.2, -0.15) is 4.31 Å². The molecule has 0 N–H and O–H groups in total. The van der Waals surface area contributed by atoms with Crippen molar-refractivity contribution in [2.45, 2.75) is 27.2 Å². The van der Waals surface area contributed by atoms with Crippen molar-refractivity contribution in [3.63, 3.8) is 0 Å². The lowest BCUT2D eigenvalue weighted by atomic mass is 9.97. The van der Waals surface area contributed by atoms with Crippen molar-refractivity contribution >= 4 is 15.9 Å². The van der Waals surface area contributed by atoms with Crippen molar-refractivity contribution in [3.05, 3.63) is 34.4 Å². The smallest absolute Gasteiger partial charge is 0.227 e. The van der Waals surface area contributed by atoms with Crippen molar-refractivity contribution < 1.29 is 13.2 Å². The topological polar surface area (TPSA) is 57.7 Å². The summed E-state index contributed by atoms with van der Waals surface area (Å²) in [7, 11) is -3.16. The summed E-state index contributed by atoms with van der Waals surface area (Å²) in [6.45, 7) is 7.82. The first-order valence-corrected chi connectivity index (χ1v) is 9.33. The van der Waals surface area contributed by atoms with E-state index < -0.39 is 10.0 Å². The highest BCUT2D eigenvalue weighted by atomic mass is 32.2.